The molecule has 0 N–H and O–H groups in total. The quantitative estimate of drug-likeness (QED) is 0.170. The number of fused-ring (bicyclic) bond motifs is 9. The van der Waals surface area contributed by atoms with Gasteiger partial charge in [-0.25, -0.2) is 0 Å². The van der Waals surface area contributed by atoms with E-state index < -0.39 is 0 Å². The summed E-state index contributed by atoms with van der Waals surface area (Å²) in [7, 11) is 0. The van der Waals surface area contributed by atoms with E-state index in [-0.39, 0.29) is 12.1 Å². The van der Waals surface area contributed by atoms with Crippen LogP contribution in [0.4, 0.5) is 34.1 Å². The summed E-state index contributed by atoms with van der Waals surface area (Å²) in [5.41, 5.74) is 12.0. The molecule has 0 spiro atoms. The van der Waals surface area contributed by atoms with E-state index in [9.17, 15) is 0 Å². The van der Waals surface area contributed by atoms with Crippen molar-refractivity contribution in [2.45, 2.75) is 26.2 Å². The number of hydrogen-bond donors (Lipinski definition) is 0. The van der Waals surface area contributed by atoms with E-state index in [1.54, 1.807) is 0 Å². The Labute approximate surface area is 318 Å². The Morgan fingerprint density at radius 3 is 2.07 bits per heavy atom. The van der Waals surface area contributed by atoms with Crippen molar-refractivity contribution in [1.82, 2.24) is 0 Å². The lowest BCUT2D eigenvalue weighted by Gasteiger charge is -2.39. The molecule has 4 nitrogen and oxygen atoms in total. The first-order valence-corrected chi connectivity index (χ1v) is 19.4. The second kappa shape index (κ2) is 11.6. The van der Waals surface area contributed by atoms with Crippen LogP contribution in [0.5, 0.6) is 11.5 Å². The lowest BCUT2D eigenvalue weighted by atomic mass is 9.37. The van der Waals surface area contributed by atoms with Crippen LogP contribution in [-0.2, 0) is 5.41 Å². The molecule has 6 heteroatoms. The topological polar surface area (TPSA) is 28.9 Å². The Kier molecular flexibility index (Phi) is 6.74. The Hall–Kier alpha value is -6.24. The molecule has 0 bridgehead atoms. The third kappa shape index (κ3) is 4.63. The van der Waals surface area contributed by atoms with Crippen molar-refractivity contribution in [1.29, 1.82) is 0 Å². The second-order valence-corrected chi connectivity index (χ2v) is 16.4. The predicted molar refractivity (Wildman–Crippen MR) is 228 cm³/mol. The molecule has 54 heavy (non-hydrogen) atoms. The van der Waals surface area contributed by atoms with E-state index >= 15 is 0 Å². The normalized spacial score (nSPS) is 13.2. The molecule has 0 amide bonds. The van der Waals surface area contributed by atoms with Gasteiger partial charge in [0.15, 0.2) is 5.58 Å². The monoisotopic (exact) mass is 714 g/mol. The first kappa shape index (κ1) is 31.3. The second-order valence-electron chi connectivity index (χ2n) is 15.3. The SMILES string of the molecule is CC(C)(C)c1ccc2sc3c(c2c1)Oc1cccc2c1B3c1ccc(N(c3ccccc3)c3ccccc3)cc1N2c1cccc2c1oc1ccccc12. The zero-order valence-electron chi connectivity index (χ0n) is 30.2. The Bertz CT molecular complexity index is 2890. The average Bonchev–Trinajstić information content (AvgIpc) is 3.77. The molecule has 4 heterocycles. The van der Waals surface area contributed by atoms with Crippen molar-refractivity contribution < 1.29 is 9.15 Å². The summed E-state index contributed by atoms with van der Waals surface area (Å²) in [5.74, 6) is 1.88. The number of furan rings is 1. The van der Waals surface area contributed by atoms with Gasteiger partial charge in [-0.15, -0.1) is 11.3 Å². The maximum absolute atomic E-state index is 7.01. The molecule has 2 aliphatic rings. The number of nitrogens with zero attached hydrogens (tertiary/aromatic N) is 2. The number of anilines is 6. The molecule has 11 rings (SSSR count). The zero-order chi connectivity index (χ0) is 36.1. The van der Waals surface area contributed by atoms with Crippen LogP contribution in [0.3, 0.4) is 0 Å². The van der Waals surface area contributed by atoms with Gasteiger partial charge < -0.3 is 19.0 Å². The molecule has 0 atom stereocenters. The van der Waals surface area contributed by atoms with Gasteiger partial charge >= 0.3 is 0 Å². The average molecular weight is 715 g/mol. The highest BCUT2D eigenvalue weighted by atomic mass is 32.1. The summed E-state index contributed by atoms with van der Waals surface area (Å²) in [6, 6.07) is 56.5. The largest absolute Gasteiger partial charge is 0.457 e. The van der Waals surface area contributed by atoms with Gasteiger partial charge in [-0.2, -0.15) is 0 Å². The van der Waals surface area contributed by atoms with Crippen LogP contribution in [0.15, 0.2) is 162 Å². The maximum Gasteiger partial charge on any atom is 0.268 e. The van der Waals surface area contributed by atoms with Crippen molar-refractivity contribution >= 4 is 99.9 Å². The van der Waals surface area contributed by atoms with Crippen molar-refractivity contribution in [3.8, 4) is 11.5 Å². The zero-order valence-corrected chi connectivity index (χ0v) is 31.0. The lowest BCUT2D eigenvalue weighted by molar-refractivity contribution is 0.494. The third-order valence-corrected chi connectivity index (χ3v) is 12.3. The summed E-state index contributed by atoms with van der Waals surface area (Å²) in [5, 5.41) is 3.39. The Morgan fingerprint density at radius 2 is 1.30 bits per heavy atom. The van der Waals surface area contributed by atoms with Crippen LogP contribution in [0.1, 0.15) is 26.3 Å². The number of thiophene rings is 1. The number of para-hydroxylation sites is 4. The summed E-state index contributed by atoms with van der Waals surface area (Å²) in [6.45, 7) is 6.81. The molecular formula is C48H35BN2O2S. The molecular weight excluding hydrogens is 679 g/mol. The van der Waals surface area contributed by atoms with Crippen LogP contribution in [0.2, 0.25) is 0 Å². The molecule has 7 aromatic carbocycles. The van der Waals surface area contributed by atoms with E-state index in [0.717, 1.165) is 67.6 Å². The lowest BCUT2D eigenvalue weighted by Crippen LogP contribution is -2.58. The number of benzene rings is 7. The minimum atomic E-state index is -0.00693. The first-order valence-electron chi connectivity index (χ1n) is 18.5. The fraction of sp³-hybridized carbons (Fsp3) is 0.0833. The van der Waals surface area contributed by atoms with Gasteiger partial charge in [-0.1, -0.05) is 106 Å². The molecule has 0 saturated carbocycles. The van der Waals surface area contributed by atoms with Gasteiger partial charge in [0.1, 0.15) is 17.1 Å². The van der Waals surface area contributed by atoms with Crippen LogP contribution in [0, 0.1) is 0 Å². The Balaban J connectivity index is 1.20. The maximum atomic E-state index is 7.01. The van der Waals surface area contributed by atoms with Gasteiger partial charge in [-0.05, 0) is 94.7 Å². The fourth-order valence-corrected chi connectivity index (χ4v) is 9.75. The van der Waals surface area contributed by atoms with Crippen LogP contribution in [0.25, 0.3) is 32.0 Å². The van der Waals surface area contributed by atoms with Gasteiger partial charge in [0.2, 0.25) is 0 Å². The summed E-state index contributed by atoms with van der Waals surface area (Å²) >= 11 is 1.86. The van der Waals surface area contributed by atoms with Gasteiger partial charge in [0.05, 0.1) is 5.69 Å². The number of rotatable bonds is 4. The van der Waals surface area contributed by atoms with Gasteiger partial charge in [0.25, 0.3) is 6.71 Å². The summed E-state index contributed by atoms with van der Waals surface area (Å²) < 4.78 is 16.2. The van der Waals surface area contributed by atoms with E-state index in [0.29, 0.717) is 0 Å². The van der Waals surface area contributed by atoms with Crippen molar-refractivity contribution in [3.63, 3.8) is 0 Å². The smallest absolute Gasteiger partial charge is 0.268 e. The first-order chi connectivity index (χ1) is 26.4. The number of ether oxygens (including phenoxy) is 1. The van der Waals surface area contributed by atoms with E-state index in [2.05, 4.69) is 182 Å². The highest BCUT2D eigenvalue weighted by molar-refractivity contribution is 7.33. The number of hydrogen-bond acceptors (Lipinski definition) is 5. The highest BCUT2D eigenvalue weighted by Crippen LogP contribution is 2.48. The van der Waals surface area contributed by atoms with Crippen LogP contribution < -0.4 is 30.2 Å². The van der Waals surface area contributed by atoms with Gasteiger partial charge in [0, 0.05) is 54.1 Å². The molecule has 2 aliphatic heterocycles. The predicted octanol–water partition coefficient (Wildman–Crippen LogP) is 12.0. The molecule has 0 fully saturated rings. The van der Waals surface area contributed by atoms with Crippen LogP contribution >= 0.6 is 11.3 Å². The standard InChI is InChI=1S/C48H35BN2O2S/c1-48(2,3)30-24-27-43-36(28-30)46-47(54-43)49-37-26-25-33(50(31-14-6-4-7-15-31)32-16-8-5-9-17-32)29-40(37)51(38-20-13-23-42(53-46)44(38)49)39-21-12-19-35-34-18-10-11-22-41(34)52-45(35)39/h4-29H,1-3H3. The van der Waals surface area contributed by atoms with E-state index in [1.165, 1.54) is 31.4 Å². The highest BCUT2D eigenvalue weighted by Gasteiger charge is 2.44. The molecule has 2 aromatic heterocycles. The Morgan fingerprint density at radius 1 is 0.593 bits per heavy atom. The molecule has 258 valence electrons. The minimum absolute atomic E-state index is 0.00693. The van der Waals surface area contributed by atoms with Crippen molar-refractivity contribution in [3.05, 3.63) is 163 Å². The third-order valence-electron chi connectivity index (χ3n) is 11.1. The van der Waals surface area contributed by atoms with Gasteiger partial charge in [-0.3, -0.25) is 0 Å². The summed E-state index contributed by atoms with van der Waals surface area (Å²) in [6.07, 6.45) is 0. The van der Waals surface area contributed by atoms with E-state index in [1.807, 2.05) is 17.4 Å². The van der Waals surface area contributed by atoms with E-state index in [4.69, 9.17) is 9.15 Å². The fourth-order valence-electron chi connectivity index (χ4n) is 8.51. The molecule has 0 aliphatic carbocycles. The molecule has 0 unspecified atom stereocenters. The molecule has 0 radical (unpaired) electrons. The minimum Gasteiger partial charge on any atom is -0.457 e. The van der Waals surface area contributed by atoms with Crippen molar-refractivity contribution in [2.75, 3.05) is 9.80 Å². The molecule has 0 saturated heterocycles. The van der Waals surface area contributed by atoms with Crippen molar-refractivity contribution in [2.24, 2.45) is 0 Å². The summed E-state index contributed by atoms with van der Waals surface area (Å²) in [4.78, 5) is 4.75. The molecule has 9 aromatic rings. The van der Waals surface area contributed by atoms with Crippen LogP contribution in [-0.4, -0.2) is 6.71 Å².